The van der Waals surface area contributed by atoms with Gasteiger partial charge < -0.3 is 10.5 Å². The maximum absolute atomic E-state index is 6.06. The molecule has 1 aromatic heterocycles. The zero-order valence-electron chi connectivity index (χ0n) is 9.75. The van der Waals surface area contributed by atoms with E-state index < -0.39 is 0 Å². The van der Waals surface area contributed by atoms with E-state index in [1.807, 2.05) is 11.3 Å². The van der Waals surface area contributed by atoms with Gasteiger partial charge >= 0.3 is 0 Å². The minimum Gasteiger partial charge on any atom is -0.379 e. The average Bonchev–Trinajstić information content (AvgIpc) is 2.48. The van der Waals surface area contributed by atoms with Crippen LogP contribution >= 0.6 is 27.3 Å². The Hall–Kier alpha value is 0.1000. The van der Waals surface area contributed by atoms with Crippen LogP contribution in [0.4, 0.5) is 0 Å². The van der Waals surface area contributed by atoms with Crippen molar-refractivity contribution in [3.8, 4) is 0 Å². The highest BCUT2D eigenvalue weighted by Gasteiger charge is 2.41. The van der Waals surface area contributed by atoms with Crippen LogP contribution in [0.5, 0.6) is 0 Å². The van der Waals surface area contributed by atoms with Gasteiger partial charge in [0.15, 0.2) is 0 Å². The Morgan fingerprint density at radius 2 is 2.25 bits per heavy atom. The van der Waals surface area contributed by atoms with Crippen molar-refractivity contribution >= 4 is 27.3 Å². The predicted molar refractivity (Wildman–Crippen MR) is 72.0 cm³/mol. The molecule has 90 valence electrons. The summed E-state index contributed by atoms with van der Waals surface area (Å²) < 4.78 is 6.59. The van der Waals surface area contributed by atoms with E-state index in [9.17, 15) is 0 Å². The lowest BCUT2D eigenvalue weighted by atomic mass is 9.77. The third kappa shape index (κ3) is 2.67. The summed E-state index contributed by atoms with van der Waals surface area (Å²) >= 11 is 5.33. The van der Waals surface area contributed by atoms with Gasteiger partial charge in [0.25, 0.3) is 0 Å². The molecular weight excluding hydrogens is 286 g/mol. The molecule has 2 heterocycles. The first-order valence-electron chi connectivity index (χ1n) is 5.53. The van der Waals surface area contributed by atoms with E-state index in [0.29, 0.717) is 0 Å². The molecule has 0 atom stereocenters. The molecule has 1 fully saturated rings. The fourth-order valence-corrected chi connectivity index (χ4v) is 3.54. The monoisotopic (exact) mass is 303 g/mol. The van der Waals surface area contributed by atoms with Crippen LogP contribution in [0.25, 0.3) is 0 Å². The van der Waals surface area contributed by atoms with Gasteiger partial charge in [0, 0.05) is 20.3 Å². The molecular formula is C12H18BrNOS. The average molecular weight is 304 g/mol. The van der Waals surface area contributed by atoms with Crippen LogP contribution in [0.15, 0.2) is 15.9 Å². The maximum Gasteiger partial charge on any atom is 0.0593 e. The van der Waals surface area contributed by atoms with Crippen molar-refractivity contribution in [3.63, 3.8) is 0 Å². The van der Waals surface area contributed by atoms with E-state index in [2.05, 4.69) is 41.2 Å². The number of thiophene rings is 1. The first kappa shape index (κ1) is 12.6. The maximum atomic E-state index is 6.06. The lowest BCUT2D eigenvalue weighted by molar-refractivity contribution is -0.0650. The quantitative estimate of drug-likeness (QED) is 0.926. The van der Waals surface area contributed by atoms with Crippen molar-refractivity contribution in [2.45, 2.75) is 37.6 Å². The lowest BCUT2D eigenvalue weighted by Crippen LogP contribution is -2.48. The largest absolute Gasteiger partial charge is 0.379 e. The van der Waals surface area contributed by atoms with Crippen LogP contribution in [-0.4, -0.2) is 18.8 Å². The van der Waals surface area contributed by atoms with E-state index in [-0.39, 0.29) is 11.0 Å². The summed E-state index contributed by atoms with van der Waals surface area (Å²) in [7, 11) is 0. The third-order valence-corrected chi connectivity index (χ3v) is 5.03. The van der Waals surface area contributed by atoms with Gasteiger partial charge in [-0.15, -0.1) is 11.3 Å². The number of ether oxygens (including phenoxy) is 1. The molecule has 4 heteroatoms. The molecule has 1 aromatic rings. The zero-order chi connectivity index (χ0) is 11.8. The zero-order valence-corrected chi connectivity index (χ0v) is 12.2. The molecule has 2 rings (SSSR count). The normalized spacial score (nSPS) is 19.5. The van der Waals surface area contributed by atoms with E-state index >= 15 is 0 Å². The van der Waals surface area contributed by atoms with Gasteiger partial charge in [-0.3, -0.25) is 0 Å². The molecule has 16 heavy (non-hydrogen) atoms. The van der Waals surface area contributed by atoms with Gasteiger partial charge in [0.05, 0.1) is 18.6 Å². The molecule has 1 saturated heterocycles. The molecule has 0 radical (unpaired) electrons. The van der Waals surface area contributed by atoms with Crippen LogP contribution in [0.2, 0.25) is 0 Å². The molecule has 1 aliphatic rings. The number of halogens is 1. The fourth-order valence-electron chi connectivity index (χ4n) is 1.91. The first-order valence-corrected chi connectivity index (χ1v) is 7.20. The summed E-state index contributed by atoms with van der Waals surface area (Å²) in [5.41, 5.74) is 6.20. The standard InChI is InChI=1S/C12H18BrNOS/c1-11(2,14)3-4-12(7-15-8-12)10-5-9(13)6-16-10/h5-6H,3-4,7-8,14H2,1-2H3. The van der Waals surface area contributed by atoms with Crippen molar-refractivity contribution in [2.75, 3.05) is 13.2 Å². The Kier molecular flexibility index (Phi) is 3.46. The molecule has 0 amide bonds. The Labute approximate surface area is 109 Å². The van der Waals surface area contributed by atoms with Crippen LogP contribution in [0.1, 0.15) is 31.6 Å². The highest BCUT2D eigenvalue weighted by atomic mass is 79.9. The van der Waals surface area contributed by atoms with Crippen LogP contribution < -0.4 is 5.73 Å². The van der Waals surface area contributed by atoms with E-state index in [1.165, 1.54) is 9.35 Å². The van der Waals surface area contributed by atoms with E-state index in [4.69, 9.17) is 10.5 Å². The minimum atomic E-state index is -0.0862. The number of hydrogen-bond acceptors (Lipinski definition) is 3. The highest BCUT2D eigenvalue weighted by molar-refractivity contribution is 9.10. The fraction of sp³-hybridized carbons (Fsp3) is 0.667. The van der Waals surface area contributed by atoms with Crippen molar-refractivity contribution in [1.29, 1.82) is 0 Å². The summed E-state index contributed by atoms with van der Waals surface area (Å²) in [6.45, 7) is 5.86. The van der Waals surface area contributed by atoms with Gasteiger partial charge in [-0.05, 0) is 48.7 Å². The molecule has 0 saturated carbocycles. The minimum absolute atomic E-state index is 0.0862. The molecule has 0 unspecified atom stereocenters. The Morgan fingerprint density at radius 1 is 1.56 bits per heavy atom. The van der Waals surface area contributed by atoms with Gasteiger partial charge in [0.1, 0.15) is 0 Å². The van der Waals surface area contributed by atoms with Gasteiger partial charge in [-0.1, -0.05) is 0 Å². The molecule has 0 aromatic carbocycles. The predicted octanol–water partition coefficient (Wildman–Crippen LogP) is 3.30. The molecule has 0 spiro atoms. The number of rotatable bonds is 4. The second-order valence-electron chi connectivity index (χ2n) is 5.39. The number of hydrogen-bond donors (Lipinski definition) is 1. The van der Waals surface area contributed by atoms with Crippen LogP contribution in [-0.2, 0) is 10.2 Å². The third-order valence-electron chi connectivity index (χ3n) is 3.09. The summed E-state index contributed by atoms with van der Waals surface area (Å²) in [4.78, 5) is 1.43. The molecule has 0 aliphatic carbocycles. The molecule has 2 nitrogen and oxygen atoms in total. The summed E-state index contributed by atoms with van der Waals surface area (Å²) in [5, 5.41) is 2.14. The summed E-state index contributed by atoms with van der Waals surface area (Å²) in [6.07, 6.45) is 2.15. The smallest absolute Gasteiger partial charge is 0.0593 e. The second kappa shape index (κ2) is 4.41. The first-order chi connectivity index (χ1) is 7.41. The van der Waals surface area contributed by atoms with Gasteiger partial charge in [-0.2, -0.15) is 0 Å². The molecule has 1 aliphatic heterocycles. The van der Waals surface area contributed by atoms with Crippen molar-refractivity contribution < 1.29 is 4.74 Å². The topological polar surface area (TPSA) is 35.2 Å². The second-order valence-corrected chi connectivity index (χ2v) is 7.22. The highest BCUT2D eigenvalue weighted by Crippen LogP contribution is 2.41. The van der Waals surface area contributed by atoms with E-state index in [1.54, 1.807) is 0 Å². The number of nitrogens with two attached hydrogens (primary N) is 1. The van der Waals surface area contributed by atoms with Crippen molar-refractivity contribution in [3.05, 3.63) is 20.8 Å². The van der Waals surface area contributed by atoms with E-state index in [0.717, 1.165) is 26.1 Å². The lowest BCUT2D eigenvalue weighted by Gasteiger charge is -2.42. The summed E-state index contributed by atoms with van der Waals surface area (Å²) in [5.74, 6) is 0. The Morgan fingerprint density at radius 3 is 2.62 bits per heavy atom. The Bertz CT molecular complexity index is 365. The SMILES string of the molecule is CC(C)(N)CCC1(c2cc(Br)cs2)COC1. The summed E-state index contributed by atoms with van der Waals surface area (Å²) in [6, 6.07) is 2.22. The van der Waals surface area contributed by atoms with Crippen molar-refractivity contribution in [1.82, 2.24) is 0 Å². The van der Waals surface area contributed by atoms with Crippen molar-refractivity contribution in [2.24, 2.45) is 5.73 Å². The van der Waals surface area contributed by atoms with Gasteiger partial charge in [0.2, 0.25) is 0 Å². The van der Waals surface area contributed by atoms with Crippen LogP contribution in [0, 0.1) is 0 Å². The molecule has 0 bridgehead atoms. The molecule has 2 N–H and O–H groups in total. The Balaban J connectivity index is 2.08. The van der Waals surface area contributed by atoms with Gasteiger partial charge in [-0.25, -0.2) is 0 Å². The van der Waals surface area contributed by atoms with Crippen LogP contribution in [0.3, 0.4) is 0 Å².